The van der Waals surface area contributed by atoms with Crippen LogP contribution in [0, 0.1) is 5.92 Å². The van der Waals surface area contributed by atoms with Crippen LogP contribution >= 0.6 is 0 Å². The Balaban J connectivity index is 1.67. The number of nitrogens with one attached hydrogen (secondary N) is 1. The van der Waals surface area contributed by atoms with Gasteiger partial charge in [-0.2, -0.15) is 0 Å². The average molecular weight is 517 g/mol. The highest BCUT2D eigenvalue weighted by molar-refractivity contribution is 5.95. The number of benzene rings is 2. The number of methoxy groups -OCH3 is 1. The minimum absolute atomic E-state index is 0.139. The van der Waals surface area contributed by atoms with Crippen LogP contribution in [0.4, 0.5) is 0 Å². The quantitative estimate of drug-likeness (QED) is 0.421. The van der Waals surface area contributed by atoms with Gasteiger partial charge in [0.1, 0.15) is 29.7 Å². The molecular weight excluding hydrogens is 484 g/mol. The lowest BCUT2D eigenvalue weighted by Gasteiger charge is -2.29. The number of rotatable bonds is 9. The summed E-state index contributed by atoms with van der Waals surface area (Å²) in [5.41, 5.74) is 8.01. The molecule has 198 valence electrons. The molecule has 0 unspecified atom stereocenters. The van der Waals surface area contributed by atoms with Crippen molar-refractivity contribution in [1.29, 1.82) is 0 Å². The fraction of sp³-hybridized carbons (Fsp3) is 0.310. The van der Waals surface area contributed by atoms with Gasteiger partial charge in [-0.25, -0.2) is 4.98 Å². The first-order valence-corrected chi connectivity index (χ1v) is 12.5. The van der Waals surface area contributed by atoms with Gasteiger partial charge < -0.3 is 25.4 Å². The van der Waals surface area contributed by atoms with Crippen LogP contribution in [0.1, 0.15) is 20.3 Å². The Labute approximate surface area is 221 Å². The van der Waals surface area contributed by atoms with E-state index in [0.717, 1.165) is 17.0 Å². The Kier molecular flexibility index (Phi) is 7.95. The van der Waals surface area contributed by atoms with Crippen LogP contribution in [0.5, 0.6) is 11.5 Å². The fourth-order valence-corrected chi connectivity index (χ4v) is 4.64. The predicted octanol–water partition coefficient (Wildman–Crippen LogP) is 3.07. The number of aromatic nitrogens is 1. The molecule has 3 N–H and O–H groups in total. The largest absolute Gasteiger partial charge is 0.497 e. The smallest absolute Gasteiger partial charge is 0.246 e. The van der Waals surface area contributed by atoms with E-state index in [0.29, 0.717) is 22.7 Å². The van der Waals surface area contributed by atoms with Crippen molar-refractivity contribution in [1.82, 2.24) is 15.2 Å². The van der Waals surface area contributed by atoms with E-state index < -0.39 is 30.0 Å². The highest BCUT2D eigenvalue weighted by Gasteiger charge is 2.43. The third-order valence-electron chi connectivity index (χ3n) is 6.63. The zero-order valence-corrected chi connectivity index (χ0v) is 21.7. The summed E-state index contributed by atoms with van der Waals surface area (Å²) in [6, 6.07) is 15.4. The Morgan fingerprint density at radius 3 is 2.53 bits per heavy atom. The summed E-state index contributed by atoms with van der Waals surface area (Å²) in [5.74, 6) is -0.469. The molecular formula is C29H32N4O5. The van der Waals surface area contributed by atoms with Crippen LogP contribution < -0.4 is 20.5 Å². The number of nitrogens with zero attached hydrogens (tertiary/aromatic N) is 2. The Bertz CT molecular complexity index is 1360. The highest BCUT2D eigenvalue weighted by atomic mass is 16.5. The Morgan fingerprint density at radius 1 is 1.16 bits per heavy atom. The van der Waals surface area contributed by atoms with Crippen molar-refractivity contribution in [2.45, 2.75) is 38.5 Å². The van der Waals surface area contributed by atoms with Crippen LogP contribution in [0.25, 0.3) is 22.2 Å². The molecule has 4 rings (SSSR count). The molecule has 2 heterocycles. The number of nitrogens with two attached hydrogens (primary N) is 1. The van der Waals surface area contributed by atoms with Crippen LogP contribution in [0.15, 0.2) is 67.3 Å². The van der Waals surface area contributed by atoms with E-state index >= 15 is 0 Å². The van der Waals surface area contributed by atoms with Crippen molar-refractivity contribution in [3.63, 3.8) is 0 Å². The van der Waals surface area contributed by atoms with Crippen molar-refractivity contribution in [2.75, 3.05) is 13.7 Å². The summed E-state index contributed by atoms with van der Waals surface area (Å²) in [6.07, 6.45) is 0.829. The van der Waals surface area contributed by atoms with Gasteiger partial charge in [0, 0.05) is 29.5 Å². The highest BCUT2D eigenvalue weighted by Crippen LogP contribution is 2.34. The zero-order valence-electron chi connectivity index (χ0n) is 21.7. The third kappa shape index (κ3) is 5.61. The van der Waals surface area contributed by atoms with Gasteiger partial charge in [0.05, 0.1) is 24.9 Å². The number of ether oxygens (including phenoxy) is 2. The summed E-state index contributed by atoms with van der Waals surface area (Å²) in [4.78, 5) is 44.0. The van der Waals surface area contributed by atoms with Crippen molar-refractivity contribution in [3.8, 4) is 22.8 Å². The van der Waals surface area contributed by atoms with Crippen molar-refractivity contribution >= 4 is 28.6 Å². The Morgan fingerprint density at radius 2 is 1.89 bits per heavy atom. The molecule has 0 spiro atoms. The predicted molar refractivity (Wildman–Crippen MR) is 144 cm³/mol. The first kappa shape index (κ1) is 26.7. The van der Waals surface area contributed by atoms with Crippen molar-refractivity contribution < 1.29 is 23.9 Å². The lowest BCUT2D eigenvalue weighted by Crippen LogP contribution is -2.54. The van der Waals surface area contributed by atoms with Gasteiger partial charge in [-0.05, 0) is 24.1 Å². The molecule has 3 aromatic rings. The molecule has 0 saturated carbocycles. The number of likely N-dealkylation sites (tertiary alicyclic amines) is 1. The lowest BCUT2D eigenvalue weighted by molar-refractivity contribution is -0.141. The van der Waals surface area contributed by atoms with Gasteiger partial charge in [-0.3, -0.25) is 14.4 Å². The number of fused-ring (bicyclic) bond motifs is 1. The monoisotopic (exact) mass is 516 g/mol. The number of amides is 3. The van der Waals surface area contributed by atoms with Crippen LogP contribution in [-0.2, 0) is 14.4 Å². The summed E-state index contributed by atoms with van der Waals surface area (Å²) in [6.45, 7) is 7.23. The molecule has 1 aliphatic rings. The third-order valence-corrected chi connectivity index (χ3v) is 6.63. The van der Waals surface area contributed by atoms with E-state index in [1.54, 1.807) is 7.11 Å². The minimum atomic E-state index is -0.865. The second-order valence-corrected chi connectivity index (χ2v) is 9.57. The molecule has 1 fully saturated rings. The molecule has 0 bridgehead atoms. The summed E-state index contributed by atoms with van der Waals surface area (Å²) in [7, 11) is 1.59. The number of primary amides is 1. The van der Waals surface area contributed by atoms with E-state index in [-0.39, 0.29) is 24.8 Å². The normalized spacial score (nSPS) is 17.7. The number of pyridine rings is 1. The van der Waals surface area contributed by atoms with E-state index in [1.165, 1.54) is 4.90 Å². The first-order valence-electron chi connectivity index (χ1n) is 12.5. The molecule has 9 nitrogen and oxygen atoms in total. The maximum absolute atomic E-state index is 13.5. The number of carbonyl (C=O) groups excluding carboxylic acids is 3. The summed E-state index contributed by atoms with van der Waals surface area (Å²) in [5, 5.41) is 3.43. The lowest BCUT2D eigenvalue weighted by atomic mass is 10.0. The van der Waals surface area contributed by atoms with Gasteiger partial charge in [-0.1, -0.05) is 50.8 Å². The number of hydrogen-bond acceptors (Lipinski definition) is 6. The minimum Gasteiger partial charge on any atom is -0.497 e. The van der Waals surface area contributed by atoms with Gasteiger partial charge in [0.15, 0.2) is 0 Å². The second kappa shape index (κ2) is 11.3. The molecule has 0 radical (unpaired) electrons. The molecule has 1 aliphatic heterocycles. The van der Waals surface area contributed by atoms with E-state index in [1.807, 2.05) is 68.4 Å². The molecule has 2 aromatic carbocycles. The van der Waals surface area contributed by atoms with E-state index in [9.17, 15) is 14.4 Å². The first-order chi connectivity index (χ1) is 18.2. The fourth-order valence-electron chi connectivity index (χ4n) is 4.64. The molecule has 3 atom stereocenters. The molecule has 3 amide bonds. The Hall–Kier alpha value is -4.40. The van der Waals surface area contributed by atoms with Gasteiger partial charge >= 0.3 is 0 Å². The maximum atomic E-state index is 13.5. The maximum Gasteiger partial charge on any atom is 0.246 e. The number of carbonyl (C=O) groups is 3. The average Bonchev–Trinajstić information content (AvgIpc) is 3.35. The van der Waals surface area contributed by atoms with Crippen LogP contribution in [0.3, 0.4) is 0 Å². The molecule has 0 aliphatic carbocycles. The topological polar surface area (TPSA) is 124 Å². The van der Waals surface area contributed by atoms with Gasteiger partial charge in [0.25, 0.3) is 0 Å². The molecule has 1 aromatic heterocycles. The summed E-state index contributed by atoms with van der Waals surface area (Å²) < 4.78 is 11.8. The SMILES string of the molecule is C=CC(=O)N[C@@H](C(=O)N1C[C@H](Oc2cc(-c3ccccc3)nc3cc(OC)ccc23)C[C@H]1C(N)=O)C(C)C. The van der Waals surface area contributed by atoms with Crippen molar-refractivity contribution in [3.05, 3.63) is 67.3 Å². The van der Waals surface area contributed by atoms with Crippen LogP contribution in [-0.4, -0.2) is 59.4 Å². The molecule has 1 saturated heterocycles. The summed E-state index contributed by atoms with van der Waals surface area (Å²) >= 11 is 0. The van der Waals surface area contributed by atoms with Crippen LogP contribution in [0.2, 0.25) is 0 Å². The second-order valence-electron chi connectivity index (χ2n) is 9.57. The molecule has 38 heavy (non-hydrogen) atoms. The van der Waals surface area contributed by atoms with Crippen molar-refractivity contribution in [2.24, 2.45) is 11.7 Å². The number of hydrogen-bond donors (Lipinski definition) is 2. The standard InChI is InChI=1S/C29H32N4O5/c1-5-26(34)32-27(17(2)3)29(36)33-16-20(14-24(33)28(30)35)38-25-15-22(18-9-7-6-8-10-18)31-23-13-19(37-4)11-12-21(23)25/h5-13,15,17,20,24,27H,1,14,16H2,2-4H3,(H2,30,35)(H,32,34)/t20-,24+,27-/m1/s1. The molecule has 9 heteroatoms. The van der Waals surface area contributed by atoms with Gasteiger partial charge in [0.2, 0.25) is 17.7 Å². The van der Waals surface area contributed by atoms with E-state index in [4.69, 9.17) is 20.2 Å². The zero-order chi connectivity index (χ0) is 27.4. The van der Waals surface area contributed by atoms with Gasteiger partial charge in [-0.15, -0.1) is 0 Å². The van der Waals surface area contributed by atoms with E-state index in [2.05, 4.69) is 11.9 Å².